The Labute approximate surface area is 159 Å². The molecule has 0 spiro atoms. The summed E-state index contributed by atoms with van der Waals surface area (Å²) in [5, 5.41) is 12.2. The Balaban J connectivity index is 2.41. The van der Waals surface area contributed by atoms with Crippen molar-refractivity contribution in [2.45, 2.75) is 6.92 Å². The molecular formula is C17H16F2N2O6S. The van der Waals surface area contributed by atoms with E-state index in [1.807, 2.05) is 0 Å². The number of sulfonamides is 1. The monoisotopic (exact) mass is 414 g/mol. The van der Waals surface area contributed by atoms with Gasteiger partial charge in [0.25, 0.3) is 0 Å². The molecule has 0 amide bonds. The highest BCUT2D eigenvalue weighted by molar-refractivity contribution is 7.92. The first-order valence-corrected chi connectivity index (χ1v) is 9.58. The number of nitrogens with zero attached hydrogens (tertiary/aromatic N) is 1. The molecule has 0 fully saturated rings. The van der Waals surface area contributed by atoms with Crippen molar-refractivity contribution in [1.82, 2.24) is 0 Å². The first-order chi connectivity index (χ1) is 13.0. The Bertz CT molecular complexity index is 1020. The van der Waals surface area contributed by atoms with Crippen molar-refractivity contribution >= 4 is 27.4 Å². The van der Waals surface area contributed by atoms with Gasteiger partial charge < -0.3 is 14.7 Å². The quantitative estimate of drug-likeness (QED) is 0.507. The van der Waals surface area contributed by atoms with E-state index < -0.39 is 34.2 Å². The Morgan fingerprint density at radius 1 is 1.18 bits per heavy atom. The van der Waals surface area contributed by atoms with Gasteiger partial charge in [-0.3, -0.25) is 4.72 Å². The Hall–Kier alpha value is -3.21. The third-order valence-electron chi connectivity index (χ3n) is 3.20. The molecule has 0 unspecified atom stereocenters. The van der Waals surface area contributed by atoms with Crippen molar-refractivity contribution in [3.05, 3.63) is 53.6 Å². The van der Waals surface area contributed by atoms with Gasteiger partial charge in [0, 0.05) is 11.6 Å². The maximum absolute atomic E-state index is 13.9. The van der Waals surface area contributed by atoms with Crippen LogP contribution in [0, 0.1) is 11.6 Å². The van der Waals surface area contributed by atoms with Crippen molar-refractivity contribution in [3.8, 4) is 11.5 Å². The predicted molar refractivity (Wildman–Crippen MR) is 97.1 cm³/mol. The van der Waals surface area contributed by atoms with Crippen molar-refractivity contribution < 1.29 is 36.7 Å². The van der Waals surface area contributed by atoms with E-state index in [9.17, 15) is 22.0 Å². The lowest BCUT2D eigenvalue weighted by Crippen LogP contribution is -2.11. The lowest BCUT2D eigenvalue weighted by molar-refractivity contribution is -0.142. The van der Waals surface area contributed by atoms with Crippen LogP contribution in [0.25, 0.3) is 0 Å². The van der Waals surface area contributed by atoms with Gasteiger partial charge in [-0.05, 0) is 31.2 Å². The second-order valence-electron chi connectivity index (χ2n) is 5.61. The fourth-order valence-electron chi connectivity index (χ4n) is 2.03. The number of hydrogen-bond donors (Lipinski definition) is 2. The van der Waals surface area contributed by atoms with Crippen LogP contribution in [0.1, 0.15) is 12.5 Å². The zero-order chi connectivity index (χ0) is 20.9. The molecule has 28 heavy (non-hydrogen) atoms. The molecule has 0 radical (unpaired) electrons. The molecule has 2 aromatic carbocycles. The summed E-state index contributed by atoms with van der Waals surface area (Å²) < 4.78 is 57.7. The standard InChI is InChI=1S/C17H16F2N2O6S/c1-10(20-26-9-17(22)23)11-3-5-14(21-28(2,24)25)16(7-11)27-15-6-4-12(18)8-13(15)19/h3-8,21H,9H2,1-2H3,(H,22,23). The molecule has 150 valence electrons. The van der Waals surface area contributed by atoms with E-state index in [0.29, 0.717) is 11.6 Å². The van der Waals surface area contributed by atoms with Gasteiger partial charge in [-0.25, -0.2) is 22.0 Å². The van der Waals surface area contributed by atoms with E-state index in [0.717, 1.165) is 18.4 Å². The minimum absolute atomic E-state index is 0.00855. The number of nitrogens with one attached hydrogen (secondary N) is 1. The number of benzene rings is 2. The second-order valence-corrected chi connectivity index (χ2v) is 7.35. The summed E-state index contributed by atoms with van der Waals surface area (Å²) in [4.78, 5) is 15.1. The van der Waals surface area contributed by atoms with Crippen LogP contribution in [-0.4, -0.2) is 38.1 Å². The van der Waals surface area contributed by atoms with Gasteiger partial charge in [-0.15, -0.1) is 0 Å². The van der Waals surface area contributed by atoms with Crippen molar-refractivity contribution in [1.29, 1.82) is 0 Å². The first-order valence-electron chi connectivity index (χ1n) is 7.68. The number of carboxylic acid groups (broad SMARTS) is 1. The summed E-state index contributed by atoms with van der Waals surface area (Å²) in [5.41, 5.74) is 0.660. The average molecular weight is 414 g/mol. The number of anilines is 1. The van der Waals surface area contributed by atoms with Crippen LogP contribution >= 0.6 is 0 Å². The highest BCUT2D eigenvalue weighted by Crippen LogP contribution is 2.33. The molecule has 2 rings (SSSR count). The van der Waals surface area contributed by atoms with Crippen molar-refractivity contribution in [3.63, 3.8) is 0 Å². The highest BCUT2D eigenvalue weighted by Gasteiger charge is 2.14. The predicted octanol–water partition coefficient (Wildman–Crippen LogP) is 2.95. The summed E-state index contributed by atoms with van der Waals surface area (Å²) in [7, 11) is -3.67. The smallest absolute Gasteiger partial charge is 0.344 e. The molecule has 0 bridgehead atoms. The number of carboxylic acids is 1. The molecule has 0 aliphatic heterocycles. The summed E-state index contributed by atoms with van der Waals surface area (Å²) >= 11 is 0. The normalized spacial score (nSPS) is 11.8. The van der Waals surface area contributed by atoms with Gasteiger partial charge in [-0.1, -0.05) is 11.2 Å². The maximum Gasteiger partial charge on any atom is 0.344 e. The molecule has 11 heteroatoms. The molecule has 0 saturated heterocycles. The van der Waals surface area contributed by atoms with Crippen molar-refractivity contribution in [2.24, 2.45) is 5.16 Å². The van der Waals surface area contributed by atoms with Crippen LogP contribution in [0.3, 0.4) is 0 Å². The number of rotatable bonds is 8. The number of hydrogen-bond acceptors (Lipinski definition) is 6. The fourth-order valence-corrected chi connectivity index (χ4v) is 2.60. The van der Waals surface area contributed by atoms with Gasteiger partial charge >= 0.3 is 5.97 Å². The highest BCUT2D eigenvalue weighted by atomic mass is 32.2. The average Bonchev–Trinajstić information content (AvgIpc) is 2.57. The Kier molecular flexibility index (Phi) is 6.52. The Morgan fingerprint density at radius 2 is 1.89 bits per heavy atom. The van der Waals surface area contributed by atoms with E-state index in [1.54, 1.807) is 0 Å². The Morgan fingerprint density at radius 3 is 2.50 bits per heavy atom. The first kappa shape index (κ1) is 21.1. The lowest BCUT2D eigenvalue weighted by Gasteiger charge is -2.14. The zero-order valence-electron chi connectivity index (χ0n) is 14.8. The van der Waals surface area contributed by atoms with Crippen LogP contribution in [0.15, 0.2) is 41.6 Å². The van der Waals surface area contributed by atoms with Crippen LogP contribution in [-0.2, 0) is 19.7 Å². The summed E-state index contributed by atoms with van der Waals surface area (Å²) in [6, 6.07) is 6.83. The minimum Gasteiger partial charge on any atom is -0.479 e. The lowest BCUT2D eigenvalue weighted by atomic mass is 10.1. The van der Waals surface area contributed by atoms with Crippen LogP contribution in [0.5, 0.6) is 11.5 Å². The van der Waals surface area contributed by atoms with Crippen LogP contribution < -0.4 is 9.46 Å². The molecule has 0 saturated carbocycles. The largest absolute Gasteiger partial charge is 0.479 e. The molecule has 0 aliphatic carbocycles. The number of oxime groups is 1. The summed E-state index contributed by atoms with van der Waals surface area (Å²) in [6.07, 6.45) is 0.926. The minimum atomic E-state index is -3.67. The van der Waals surface area contributed by atoms with Crippen LogP contribution in [0.2, 0.25) is 0 Å². The van der Waals surface area contributed by atoms with E-state index in [4.69, 9.17) is 9.84 Å². The molecule has 0 aliphatic rings. The van der Waals surface area contributed by atoms with Gasteiger partial charge in [-0.2, -0.15) is 0 Å². The third-order valence-corrected chi connectivity index (χ3v) is 3.79. The SMILES string of the molecule is CC(=NOCC(=O)O)c1ccc(NS(C)(=O)=O)c(Oc2ccc(F)cc2F)c1. The van der Waals surface area contributed by atoms with E-state index >= 15 is 0 Å². The number of halogens is 2. The van der Waals surface area contributed by atoms with Crippen molar-refractivity contribution in [2.75, 3.05) is 17.6 Å². The molecule has 2 aromatic rings. The molecule has 0 atom stereocenters. The second kappa shape index (κ2) is 8.65. The van der Waals surface area contributed by atoms with Gasteiger partial charge in [0.15, 0.2) is 17.3 Å². The van der Waals surface area contributed by atoms with E-state index in [1.165, 1.54) is 25.1 Å². The summed E-state index contributed by atoms with van der Waals surface area (Å²) in [5.74, 6) is -3.40. The zero-order valence-corrected chi connectivity index (χ0v) is 15.6. The van der Waals surface area contributed by atoms with Gasteiger partial charge in [0.1, 0.15) is 5.82 Å². The topological polar surface area (TPSA) is 114 Å². The van der Waals surface area contributed by atoms with E-state index in [2.05, 4.69) is 14.7 Å². The summed E-state index contributed by atoms with van der Waals surface area (Å²) in [6.45, 7) is 0.873. The van der Waals surface area contributed by atoms with Gasteiger partial charge in [0.2, 0.25) is 16.6 Å². The van der Waals surface area contributed by atoms with Crippen LogP contribution in [0.4, 0.5) is 14.5 Å². The van der Waals surface area contributed by atoms with E-state index in [-0.39, 0.29) is 22.9 Å². The maximum atomic E-state index is 13.9. The molecular weight excluding hydrogens is 398 g/mol. The number of aliphatic carboxylic acids is 1. The molecule has 2 N–H and O–H groups in total. The third kappa shape index (κ3) is 6.20. The molecule has 0 heterocycles. The molecule has 8 nitrogen and oxygen atoms in total. The fraction of sp³-hybridized carbons (Fsp3) is 0.176. The molecule has 0 aromatic heterocycles. The number of carbonyl (C=O) groups is 1. The van der Waals surface area contributed by atoms with Gasteiger partial charge in [0.05, 0.1) is 17.7 Å². The number of ether oxygens (including phenoxy) is 1.